The molecule has 1 aromatic carbocycles. The Morgan fingerprint density at radius 3 is 2.76 bits per heavy atom. The van der Waals surface area contributed by atoms with Gasteiger partial charge in [0.15, 0.2) is 0 Å². The minimum atomic E-state index is -0.451. The molecule has 0 amide bonds. The van der Waals surface area contributed by atoms with Gasteiger partial charge in [0, 0.05) is 36.5 Å². The van der Waals surface area contributed by atoms with Gasteiger partial charge in [-0.1, -0.05) is 0 Å². The van der Waals surface area contributed by atoms with Crippen molar-refractivity contribution in [3.05, 3.63) is 51.8 Å². The number of hydrogen-bond donors (Lipinski definition) is 1. The molecular formula is C14H18N4O3. The minimum Gasteiger partial charge on any atom is -0.487 e. The molecule has 0 saturated carbocycles. The Balaban J connectivity index is 2.10. The van der Waals surface area contributed by atoms with Crippen molar-refractivity contribution in [3.63, 3.8) is 0 Å². The van der Waals surface area contributed by atoms with Crippen LogP contribution in [-0.4, -0.2) is 14.7 Å². The van der Waals surface area contributed by atoms with Crippen LogP contribution in [0, 0.1) is 10.1 Å². The fraction of sp³-hybridized carbons (Fsp3) is 0.357. The van der Waals surface area contributed by atoms with Crippen molar-refractivity contribution >= 4 is 5.69 Å². The number of nitrogens with zero attached hydrogens (tertiary/aromatic N) is 3. The molecule has 0 unspecified atom stereocenters. The summed E-state index contributed by atoms with van der Waals surface area (Å²) in [6, 6.07) is 6.58. The van der Waals surface area contributed by atoms with E-state index in [9.17, 15) is 10.1 Å². The highest BCUT2D eigenvalue weighted by molar-refractivity contribution is 5.43. The molecule has 1 aromatic heterocycles. The van der Waals surface area contributed by atoms with Gasteiger partial charge in [0.05, 0.1) is 10.6 Å². The quantitative estimate of drug-likeness (QED) is 0.651. The number of hydrogen-bond acceptors (Lipinski definition) is 5. The fourth-order valence-electron chi connectivity index (χ4n) is 1.87. The van der Waals surface area contributed by atoms with E-state index in [2.05, 4.69) is 5.10 Å². The molecule has 0 radical (unpaired) electrons. The highest BCUT2D eigenvalue weighted by Crippen LogP contribution is 2.24. The van der Waals surface area contributed by atoms with Crippen molar-refractivity contribution in [1.29, 1.82) is 0 Å². The molecule has 2 rings (SSSR count). The minimum absolute atomic E-state index is 0.00638. The number of nitro benzene ring substituents is 1. The summed E-state index contributed by atoms with van der Waals surface area (Å²) >= 11 is 0. The van der Waals surface area contributed by atoms with E-state index in [1.807, 2.05) is 30.8 Å². The zero-order chi connectivity index (χ0) is 15.4. The predicted octanol–water partition coefficient (Wildman–Crippen LogP) is 2.41. The lowest BCUT2D eigenvalue weighted by Crippen LogP contribution is -2.05. The lowest BCUT2D eigenvalue weighted by atomic mass is 10.2. The van der Waals surface area contributed by atoms with Crippen LogP contribution in [-0.2, 0) is 13.2 Å². The van der Waals surface area contributed by atoms with Crippen LogP contribution in [0.15, 0.2) is 30.5 Å². The molecule has 1 heterocycles. The van der Waals surface area contributed by atoms with Crippen LogP contribution in [0.1, 0.15) is 31.1 Å². The molecule has 0 aliphatic rings. The van der Waals surface area contributed by atoms with Gasteiger partial charge in [-0.05, 0) is 26.0 Å². The molecular weight excluding hydrogens is 272 g/mol. The smallest absolute Gasteiger partial charge is 0.270 e. The molecule has 0 bridgehead atoms. The molecule has 2 N–H and O–H groups in total. The number of benzene rings is 1. The summed E-state index contributed by atoms with van der Waals surface area (Å²) in [4.78, 5) is 10.3. The van der Waals surface area contributed by atoms with Crippen molar-refractivity contribution in [2.45, 2.75) is 33.0 Å². The maximum absolute atomic E-state index is 10.7. The second kappa shape index (κ2) is 6.36. The van der Waals surface area contributed by atoms with Gasteiger partial charge in [0.1, 0.15) is 12.4 Å². The maximum Gasteiger partial charge on any atom is 0.270 e. The number of rotatable bonds is 6. The summed E-state index contributed by atoms with van der Waals surface area (Å²) in [6.07, 6.45) is 1.89. The van der Waals surface area contributed by atoms with Crippen molar-refractivity contribution in [2.24, 2.45) is 5.73 Å². The van der Waals surface area contributed by atoms with Gasteiger partial charge in [-0.15, -0.1) is 0 Å². The van der Waals surface area contributed by atoms with Crippen LogP contribution in [0.3, 0.4) is 0 Å². The first-order chi connectivity index (χ1) is 10.0. The normalized spacial score (nSPS) is 10.9. The number of aromatic nitrogens is 2. The van der Waals surface area contributed by atoms with Gasteiger partial charge < -0.3 is 10.5 Å². The van der Waals surface area contributed by atoms with Crippen LogP contribution in [0.5, 0.6) is 5.75 Å². The summed E-state index contributed by atoms with van der Waals surface area (Å²) in [5.74, 6) is 0.544. The van der Waals surface area contributed by atoms with Gasteiger partial charge in [0.25, 0.3) is 5.69 Å². The standard InChI is InChI=1S/C14H18N4O3/c1-10(2)17-6-5-12(16-17)9-21-14-4-3-13(18(19)20)7-11(14)8-15/h3-7,10H,8-9,15H2,1-2H3. The van der Waals surface area contributed by atoms with Crippen LogP contribution in [0.25, 0.3) is 0 Å². The van der Waals surface area contributed by atoms with Crippen molar-refractivity contribution in [3.8, 4) is 5.75 Å². The Bertz CT molecular complexity index is 637. The van der Waals surface area contributed by atoms with Crippen molar-refractivity contribution in [2.75, 3.05) is 0 Å². The lowest BCUT2D eigenvalue weighted by molar-refractivity contribution is -0.384. The van der Waals surface area contributed by atoms with Crippen molar-refractivity contribution in [1.82, 2.24) is 9.78 Å². The molecule has 0 saturated heterocycles. The number of nitrogens with two attached hydrogens (primary N) is 1. The van der Waals surface area contributed by atoms with Crippen LogP contribution in [0.2, 0.25) is 0 Å². The first-order valence-corrected chi connectivity index (χ1v) is 6.65. The Hall–Kier alpha value is -2.41. The molecule has 21 heavy (non-hydrogen) atoms. The summed E-state index contributed by atoms with van der Waals surface area (Å²) in [5, 5.41) is 15.1. The van der Waals surface area contributed by atoms with E-state index in [0.29, 0.717) is 17.9 Å². The summed E-state index contributed by atoms with van der Waals surface area (Å²) < 4.78 is 7.51. The Morgan fingerprint density at radius 1 is 1.43 bits per heavy atom. The average Bonchev–Trinajstić information content (AvgIpc) is 2.93. The number of non-ortho nitro benzene ring substituents is 1. The third-order valence-corrected chi connectivity index (χ3v) is 3.04. The third kappa shape index (κ3) is 3.57. The molecule has 0 aliphatic heterocycles. The van der Waals surface area contributed by atoms with E-state index in [1.54, 1.807) is 6.07 Å². The molecule has 7 nitrogen and oxygen atoms in total. The predicted molar refractivity (Wildman–Crippen MR) is 77.9 cm³/mol. The second-order valence-corrected chi connectivity index (χ2v) is 4.92. The highest BCUT2D eigenvalue weighted by Gasteiger charge is 2.11. The van der Waals surface area contributed by atoms with Crippen LogP contribution >= 0.6 is 0 Å². The Kier molecular flexibility index (Phi) is 4.54. The summed E-state index contributed by atoms with van der Waals surface area (Å²) in [7, 11) is 0. The SMILES string of the molecule is CC(C)n1ccc(COc2ccc([N+](=O)[O-])cc2CN)n1. The van der Waals surface area contributed by atoms with Gasteiger partial charge >= 0.3 is 0 Å². The summed E-state index contributed by atoms with van der Waals surface area (Å²) in [6.45, 7) is 4.56. The number of nitro groups is 1. The molecule has 0 aliphatic carbocycles. The summed E-state index contributed by atoms with van der Waals surface area (Å²) in [5.41, 5.74) is 7.02. The zero-order valence-corrected chi connectivity index (χ0v) is 12.0. The first-order valence-electron chi connectivity index (χ1n) is 6.65. The van der Waals surface area contributed by atoms with E-state index in [-0.39, 0.29) is 18.3 Å². The Labute approximate surface area is 122 Å². The molecule has 112 valence electrons. The molecule has 2 aromatic rings. The van der Waals surface area contributed by atoms with E-state index >= 15 is 0 Å². The third-order valence-electron chi connectivity index (χ3n) is 3.04. The Morgan fingerprint density at radius 2 is 2.19 bits per heavy atom. The van der Waals surface area contributed by atoms with Gasteiger partial charge in [0.2, 0.25) is 0 Å². The first kappa shape index (κ1) is 15.0. The lowest BCUT2D eigenvalue weighted by Gasteiger charge is -2.09. The van der Waals surface area contributed by atoms with Crippen molar-refractivity contribution < 1.29 is 9.66 Å². The monoisotopic (exact) mass is 290 g/mol. The van der Waals surface area contributed by atoms with Gasteiger partial charge in [-0.25, -0.2) is 0 Å². The zero-order valence-electron chi connectivity index (χ0n) is 12.0. The van der Waals surface area contributed by atoms with E-state index in [4.69, 9.17) is 10.5 Å². The largest absolute Gasteiger partial charge is 0.487 e. The van der Waals surface area contributed by atoms with Gasteiger partial charge in [-0.2, -0.15) is 5.10 Å². The number of ether oxygens (including phenoxy) is 1. The molecule has 0 fully saturated rings. The van der Waals surface area contributed by atoms with E-state index in [1.165, 1.54) is 12.1 Å². The highest BCUT2D eigenvalue weighted by atomic mass is 16.6. The molecule has 0 atom stereocenters. The fourth-order valence-corrected chi connectivity index (χ4v) is 1.87. The van der Waals surface area contributed by atoms with E-state index < -0.39 is 4.92 Å². The molecule has 7 heteroatoms. The van der Waals surface area contributed by atoms with E-state index in [0.717, 1.165) is 5.69 Å². The molecule has 0 spiro atoms. The van der Waals surface area contributed by atoms with Crippen LogP contribution in [0.4, 0.5) is 5.69 Å². The topological polar surface area (TPSA) is 96.2 Å². The maximum atomic E-state index is 10.7. The van der Waals surface area contributed by atoms with Gasteiger partial charge in [-0.3, -0.25) is 14.8 Å². The average molecular weight is 290 g/mol. The second-order valence-electron chi connectivity index (χ2n) is 4.92. The van der Waals surface area contributed by atoms with Crippen LogP contribution < -0.4 is 10.5 Å².